The maximum Gasteiger partial charge on any atom is 0.0952 e. The molecule has 2 heterocycles. The van der Waals surface area contributed by atoms with Crippen LogP contribution < -0.4 is 0 Å². The Morgan fingerprint density at radius 2 is 1.59 bits per heavy atom. The Morgan fingerprint density at radius 1 is 0.963 bits per heavy atom. The molecule has 0 aliphatic carbocycles. The minimum absolute atomic E-state index is 0.0798. The van der Waals surface area contributed by atoms with E-state index in [4.69, 9.17) is 4.74 Å². The number of piperidine rings is 1. The summed E-state index contributed by atoms with van der Waals surface area (Å²) in [6.07, 6.45) is 1.65. The molecule has 0 amide bonds. The molecular formula is C23H38N2O2. The van der Waals surface area contributed by atoms with Crippen LogP contribution in [0.25, 0.3) is 0 Å². The van der Waals surface area contributed by atoms with E-state index in [-0.39, 0.29) is 17.2 Å². The van der Waals surface area contributed by atoms with Crippen molar-refractivity contribution in [2.75, 3.05) is 32.8 Å². The fourth-order valence-corrected chi connectivity index (χ4v) is 4.32. The van der Waals surface area contributed by atoms with Crippen LogP contribution in [0.15, 0.2) is 24.3 Å². The second-order valence-corrected chi connectivity index (χ2v) is 10.3. The Morgan fingerprint density at radius 3 is 2.19 bits per heavy atom. The van der Waals surface area contributed by atoms with Gasteiger partial charge in [0.25, 0.3) is 0 Å². The normalized spacial score (nSPS) is 25.5. The average Bonchev–Trinajstić information content (AvgIpc) is 2.61. The number of hydrogen-bond donors (Lipinski definition) is 1. The fraction of sp³-hybridized carbons (Fsp3) is 0.739. The predicted molar refractivity (Wildman–Crippen MR) is 111 cm³/mol. The molecule has 1 aromatic carbocycles. The third-order valence-electron chi connectivity index (χ3n) is 6.35. The summed E-state index contributed by atoms with van der Waals surface area (Å²) in [6.45, 7) is 18.0. The van der Waals surface area contributed by atoms with Crippen molar-refractivity contribution in [3.8, 4) is 0 Å². The van der Waals surface area contributed by atoms with E-state index < -0.39 is 5.60 Å². The van der Waals surface area contributed by atoms with E-state index in [1.165, 1.54) is 5.56 Å². The number of hydrogen-bond acceptors (Lipinski definition) is 4. The Labute approximate surface area is 165 Å². The highest BCUT2D eigenvalue weighted by Gasteiger charge is 2.37. The van der Waals surface area contributed by atoms with Gasteiger partial charge in [-0.05, 0) is 65.5 Å². The summed E-state index contributed by atoms with van der Waals surface area (Å²) in [7, 11) is 0. The van der Waals surface area contributed by atoms with Gasteiger partial charge in [0, 0.05) is 37.3 Å². The van der Waals surface area contributed by atoms with Crippen LogP contribution >= 0.6 is 0 Å². The molecule has 0 radical (unpaired) electrons. The molecule has 2 saturated heterocycles. The molecule has 2 fully saturated rings. The molecule has 27 heavy (non-hydrogen) atoms. The maximum atomic E-state index is 11.4. The Bertz CT molecular complexity index is 637. The van der Waals surface area contributed by atoms with Crippen LogP contribution in [-0.2, 0) is 10.3 Å². The van der Waals surface area contributed by atoms with Gasteiger partial charge in [-0.2, -0.15) is 0 Å². The second kappa shape index (κ2) is 7.47. The zero-order chi connectivity index (χ0) is 19.9. The van der Waals surface area contributed by atoms with Crippen molar-refractivity contribution in [1.29, 1.82) is 0 Å². The molecule has 0 spiro atoms. The van der Waals surface area contributed by atoms with Gasteiger partial charge in [-0.3, -0.25) is 9.80 Å². The fourth-order valence-electron chi connectivity index (χ4n) is 4.32. The highest BCUT2D eigenvalue weighted by atomic mass is 16.5. The van der Waals surface area contributed by atoms with Crippen LogP contribution in [0, 0.1) is 0 Å². The van der Waals surface area contributed by atoms with E-state index >= 15 is 0 Å². The highest BCUT2D eigenvalue weighted by molar-refractivity contribution is 5.31. The minimum Gasteiger partial charge on any atom is -0.385 e. The molecule has 0 saturated carbocycles. The van der Waals surface area contributed by atoms with Crippen molar-refractivity contribution < 1.29 is 9.84 Å². The molecule has 1 N–H and O–H groups in total. The maximum absolute atomic E-state index is 11.4. The summed E-state index contributed by atoms with van der Waals surface area (Å²) >= 11 is 0. The van der Waals surface area contributed by atoms with E-state index in [9.17, 15) is 5.11 Å². The molecule has 0 aromatic heterocycles. The number of likely N-dealkylation sites (tertiary alicyclic amines) is 1. The van der Waals surface area contributed by atoms with E-state index in [0.717, 1.165) is 51.2 Å². The predicted octanol–water partition coefficient (Wildman–Crippen LogP) is 3.94. The van der Waals surface area contributed by atoms with Gasteiger partial charge >= 0.3 is 0 Å². The number of nitrogens with zero attached hydrogens (tertiary/aromatic N) is 2. The molecule has 1 atom stereocenters. The van der Waals surface area contributed by atoms with Gasteiger partial charge in [0.15, 0.2) is 0 Å². The molecule has 152 valence electrons. The van der Waals surface area contributed by atoms with Gasteiger partial charge in [-0.15, -0.1) is 0 Å². The van der Waals surface area contributed by atoms with Gasteiger partial charge in [0.05, 0.1) is 18.3 Å². The van der Waals surface area contributed by atoms with Crippen LogP contribution in [0.3, 0.4) is 0 Å². The molecule has 2 aliphatic heterocycles. The average molecular weight is 375 g/mol. The van der Waals surface area contributed by atoms with Gasteiger partial charge in [0.2, 0.25) is 0 Å². The summed E-state index contributed by atoms with van der Waals surface area (Å²) in [4.78, 5) is 4.96. The monoisotopic (exact) mass is 374 g/mol. The van der Waals surface area contributed by atoms with Crippen LogP contribution in [0.1, 0.15) is 71.6 Å². The highest BCUT2D eigenvalue weighted by Crippen LogP contribution is 2.36. The SMILES string of the molecule is CC(C)(C)N1CCC(O)(c2cccc(C3CN(C(C)(C)C)CCO3)c2)CC1. The number of aliphatic hydroxyl groups is 1. The zero-order valence-corrected chi connectivity index (χ0v) is 18.1. The van der Waals surface area contributed by atoms with E-state index in [0.29, 0.717) is 0 Å². The lowest BCUT2D eigenvalue weighted by molar-refractivity contribution is -0.0605. The first kappa shape index (κ1) is 20.8. The van der Waals surface area contributed by atoms with Crippen molar-refractivity contribution in [2.45, 2.75) is 77.2 Å². The van der Waals surface area contributed by atoms with Crippen molar-refractivity contribution in [3.05, 3.63) is 35.4 Å². The van der Waals surface area contributed by atoms with Gasteiger partial charge in [-0.1, -0.05) is 24.3 Å². The lowest BCUT2D eigenvalue weighted by atomic mass is 9.82. The second-order valence-electron chi connectivity index (χ2n) is 10.3. The Kier molecular flexibility index (Phi) is 5.75. The largest absolute Gasteiger partial charge is 0.385 e. The number of morpholine rings is 1. The molecule has 1 unspecified atom stereocenters. The summed E-state index contributed by atoms with van der Waals surface area (Å²) in [5, 5.41) is 11.4. The summed E-state index contributed by atoms with van der Waals surface area (Å²) in [5.74, 6) is 0. The minimum atomic E-state index is -0.726. The Balaban J connectivity index is 1.74. The number of rotatable bonds is 2. The van der Waals surface area contributed by atoms with Crippen molar-refractivity contribution in [1.82, 2.24) is 9.80 Å². The van der Waals surface area contributed by atoms with E-state index in [1.807, 2.05) is 0 Å². The molecule has 2 aliphatic rings. The van der Waals surface area contributed by atoms with Gasteiger partial charge < -0.3 is 9.84 Å². The third kappa shape index (κ3) is 4.73. The van der Waals surface area contributed by atoms with Crippen LogP contribution in [0.2, 0.25) is 0 Å². The molecule has 3 rings (SSSR count). The third-order valence-corrected chi connectivity index (χ3v) is 6.35. The van der Waals surface area contributed by atoms with Crippen LogP contribution in [0.4, 0.5) is 0 Å². The molecule has 4 heteroatoms. The topological polar surface area (TPSA) is 35.9 Å². The molecule has 4 nitrogen and oxygen atoms in total. The lowest BCUT2D eigenvalue weighted by Crippen LogP contribution is -2.50. The first-order valence-corrected chi connectivity index (χ1v) is 10.4. The smallest absolute Gasteiger partial charge is 0.0952 e. The molecule has 0 bridgehead atoms. The van der Waals surface area contributed by atoms with Gasteiger partial charge in [-0.25, -0.2) is 0 Å². The van der Waals surface area contributed by atoms with Gasteiger partial charge in [0.1, 0.15) is 0 Å². The number of benzene rings is 1. The Hall–Kier alpha value is -0.940. The van der Waals surface area contributed by atoms with Crippen molar-refractivity contribution >= 4 is 0 Å². The van der Waals surface area contributed by atoms with E-state index in [2.05, 4.69) is 75.6 Å². The number of ether oxygens (including phenoxy) is 1. The first-order chi connectivity index (χ1) is 12.5. The van der Waals surface area contributed by atoms with Crippen LogP contribution in [0.5, 0.6) is 0 Å². The summed E-state index contributed by atoms with van der Waals surface area (Å²) in [6, 6.07) is 8.50. The van der Waals surface area contributed by atoms with Crippen LogP contribution in [-0.4, -0.2) is 58.8 Å². The molecular weight excluding hydrogens is 336 g/mol. The summed E-state index contributed by atoms with van der Waals surface area (Å²) < 4.78 is 6.09. The van der Waals surface area contributed by atoms with Crippen molar-refractivity contribution in [3.63, 3.8) is 0 Å². The standard InChI is InChI=1S/C23H38N2O2/c1-21(2,3)24-12-10-23(26,11-13-24)19-9-7-8-18(16-19)20-17-25(14-15-27-20)22(4,5)6/h7-9,16,20,26H,10-15,17H2,1-6H3. The van der Waals surface area contributed by atoms with Crippen molar-refractivity contribution in [2.24, 2.45) is 0 Å². The lowest BCUT2D eigenvalue weighted by Gasteiger charge is -2.45. The molecule has 1 aromatic rings. The quantitative estimate of drug-likeness (QED) is 0.851. The first-order valence-electron chi connectivity index (χ1n) is 10.4. The van der Waals surface area contributed by atoms with E-state index in [1.54, 1.807) is 0 Å². The summed E-state index contributed by atoms with van der Waals surface area (Å²) in [5.41, 5.74) is 1.82. The zero-order valence-electron chi connectivity index (χ0n) is 18.1.